The Labute approximate surface area is 71.3 Å². The lowest BCUT2D eigenvalue weighted by Crippen LogP contribution is -2.25. The molecule has 4 heteroatoms. The molecule has 0 spiro atoms. The van der Waals surface area contributed by atoms with Crippen LogP contribution in [0.25, 0.3) is 0 Å². The van der Waals surface area contributed by atoms with Gasteiger partial charge in [0, 0.05) is 5.88 Å². The first-order valence-electron chi connectivity index (χ1n) is 3.52. The summed E-state index contributed by atoms with van der Waals surface area (Å²) in [6.45, 7) is 3.45. The molecule has 0 saturated heterocycles. The van der Waals surface area contributed by atoms with E-state index < -0.39 is 12.1 Å². The van der Waals surface area contributed by atoms with Crippen LogP contribution in [0.5, 0.6) is 0 Å². The van der Waals surface area contributed by atoms with Gasteiger partial charge in [-0.15, -0.1) is 11.6 Å². The molecular formula is C7H13ClO3. The number of hydrogen-bond acceptors (Lipinski definition) is 3. The lowest BCUT2D eigenvalue weighted by atomic mass is 10.3. The Morgan fingerprint density at radius 2 is 2.18 bits per heavy atom. The minimum absolute atomic E-state index is 0.188. The highest BCUT2D eigenvalue weighted by atomic mass is 35.5. The number of halogens is 1. The summed E-state index contributed by atoms with van der Waals surface area (Å²) in [5, 5.41) is 9.01. The number of ether oxygens (including phenoxy) is 1. The second-order valence-corrected chi connectivity index (χ2v) is 2.86. The van der Waals surface area contributed by atoms with Gasteiger partial charge in [0.05, 0.1) is 6.10 Å². The van der Waals surface area contributed by atoms with Crippen LogP contribution in [0.1, 0.15) is 20.3 Å². The number of aliphatic hydroxyl groups excluding tert-OH is 1. The largest absolute Gasteiger partial charge is 0.461 e. The normalized spacial score (nSPS) is 13.2. The summed E-state index contributed by atoms with van der Waals surface area (Å²) >= 11 is 5.31. The first-order valence-corrected chi connectivity index (χ1v) is 4.06. The van der Waals surface area contributed by atoms with E-state index in [0.717, 1.165) is 0 Å². The molecule has 1 unspecified atom stereocenters. The van der Waals surface area contributed by atoms with E-state index in [1.807, 2.05) is 0 Å². The zero-order chi connectivity index (χ0) is 8.85. The highest BCUT2D eigenvalue weighted by molar-refractivity contribution is 6.18. The highest BCUT2D eigenvalue weighted by Crippen LogP contribution is 1.99. The van der Waals surface area contributed by atoms with Crippen LogP contribution in [0.2, 0.25) is 0 Å². The van der Waals surface area contributed by atoms with E-state index in [0.29, 0.717) is 0 Å². The van der Waals surface area contributed by atoms with Gasteiger partial charge in [-0.1, -0.05) is 0 Å². The zero-order valence-corrected chi connectivity index (χ0v) is 7.47. The molecule has 0 fully saturated rings. The quantitative estimate of drug-likeness (QED) is 0.517. The maximum Gasteiger partial charge on any atom is 0.335 e. The van der Waals surface area contributed by atoms with Crippen molar-refractivity contribution in [3.63, 3.8) is 0 Å². The second-order valence-electron chi connectivity index (χ2n) is 2.48. The van der Waals surface area contributed by atoms with Crippen molar-refractivity contribution >= 4 is 17.6 Å². The second kappa shape index (κ2) is 5.38. The van der Waals surface area contributed by atoms with Crippen LogP contribution in [0, 0.1) is 0 Å². The van der Waals surface area contributed by atoms with Crippen molar-refractivity contribution in [2.75, 3.05) is 5.88 Å². The summed E-state index contributed by atoms with van der Waals surface area (Å²) < 4.78 is 4.72. The smallest absolute Gasteiger partial charge is 0.335 e. The summed E-state index contributed by atoms with van der Waals surface area (Å²) in [5.74, 6) is -0.338. The van der Waals surface area contributed by atoms with Crippen LogP contribution in [0.4, 0.5) is 0 Å². The van der Waals surface area contributed by atoms with E-state index >= 15 is 0 Å². The topological polar surface area (TPSA) is 46.5 Å². The van der Waals surface area contributed by atoms with Crippen molar-refractivity contribution in [1.29, 1.82) is 0 Å². The maximum atomic E-state index is 10.8. The Morgan fingerprint density at radius 1 is 1.64 bits per heavy atom. The molecule has 0 saturated carbocycles. The molecule has 0 radical (unpaired) electrons. The van der Waals surface area contributed by atoms with Crippen molar-refractivity contribution in [2.24, 2.45) is 0 Å². The van der Waals surface area contributed by atoms with Gasteiger partial charge in [0.2, 0.25) is 0 Å². The van der Waals surface area contributed by atoms with E-state index in [1.54, 1.807) is 13.8 Å². The maximum absolute atomic E-state index is 10.8. The molecule has 1 N–H and O–H groups in total. The number of rotatable bonds is 4. The van der Waals surface area contributed by atoms with Crippen LogP contribution in [0.15, 0.2) is 0 Å². The number of carbonyl (C=O) groups is 1. The zero-order valence-electron chi connectivity index (χ0n) is 6.71. The van der Waals surface area contributed by atoms with Crippen molar-refractivity contribution in [1.82, 2.24) is 0 Å². The molecule has 0 aliphatic rings. The SMILES string of the molecule is CC(C)OC(=O)C(O)CCCl. The summed E-state index contributed by atoms with van der Waals surface area (Å²) in [6, 6.07) is 0. The molecule has 0 bridgehead atoms. The minimum Gasteiger partial charge on any atom is -0.461 e. The van der Waals surface area contributed by atoms with Crippen LogP contribution < -0.4 is 0 Å². The van der Waals surface area contributed by atoms with Crippen molar-refractivity contribution < 1.29 is 14.6 Å². The fourth-order valence-electron chi connectivity index (χ4n) is 0.532. The average molecular weight is 181 g/mol. The standard InChI is InChI=1S/C7H13ClO3/c1-5(2)11-7(10)6(9)3-4-8/h5-6,9H,3-4H2,1-2H3. The molecule has 0 aliphatic carbocycles. The molecule has 3 nitrogen and oxygen atoms in total. The van der Waals surface area contributed by atoms with Gasteiger partial charge in [-0.25, -0.2) is 4.79 Å². The van der Waals surface area contributed by atoms with Crippen molar-refractivity contribution in [3.05, 3.63) is 0 Å². The van der Waals surface area contributed by atoms with Crippen LogP contribution in [-0.2, 0) is 9.53 Å². The Kier molecular flexibility index (Phi) is 5.24. The minimum atomic E-state index is -1.07. The first kappa shape index (κ1) is 10.7. The lowest BCUT2D eigenvalue weighted by molar-refractivity contribution is -0.157. The Balaban J connectivity index is 3.64. The lowest BCUT2D eigenvalue weighted by Gasteiger charge is -2.11. The fourth-order valence-corrected chi connectivity index (χ4v) is 0.739. The van der Waals surface area contributed by atoms with Gasteiger partial charge in [-0.2, -0.15) is 0 Å². The predicted molar refractivity (Wildman–Crippen MR) is 42.6 cm³/mol. The molecule has 66 valence electrons. The van der Waals surface area contributed by atoms with E-state index in [1.165, 1.54) is 0 Å². The van der Waals surface area contributed by atoms with Gasteiger partial charge >= 0.3 is 5.97 Å². The number of carbonyl (C=O) groups excluding carboxylic acids is 1. The predicted octanol–water partition coefficient (Wildman–Crippen LogP) is 0.928. The van der Waals surface area contributed by atoms with E-state index in [-0.39, 0.29) is 18.4 Å². The number of aliphatic hydroxyl groups is 1. The van der Waals surface area contributed by atoms with Crippen LogP contribution in [0.3, 0.4) is 0 Å². The highest BCUT2D eigenvalue weighted by Gasteiger charge is 2.16. The number of hydrogen-bond donors (Lipinski definition) is 1. The third-order valence-electron chi connectivity index (χ3n) is 1.01. The van der Waals surface area contributed by atoms with Crippen molar-refractivity contribution in [2.45, 2.75) is 32.5 Å². The Hall–Kier alpha value is -0.280. The van der Waals surface area contributed by atoms with Crippen LogP contribution in [-0.4, -0.2) is 29.2 Å². The number of esters is 1. The van der Waals surface area contributed by atoms with Crippen molar-refractivity contribution in [3.8, 4) is 0 Å². The molecule has 1 atom stereocenters. The van der Waals surface area contributed by atoms with Gasteiger partial charge < -0.3 is 9.84 Å². The molecule has 0 aromatic heterocycles. The molecular weight excluding hydrogens is 168 g/mol. The molecule has 11 heavy (non-hydrogen) atoms. The molecule has 0 amide bonds. The monoisotopic (exact) mass is 180 g/mol. The third kappa shape index (κ3) is 5.04. The summed E-state index contributed by atoms with van der Waals surface area (Å²) in [6.07, 6.45) is -1.02. The Bertz CT molecular complexity index is 125. The van der Waals surface area contributed by atoms with Gasteiger partial charge in [0.25, 0.3) is 0 Å². The van der Waals surface area contributed by atoms with Crippen LogP contribution >= 0.6 is 11.6 Å². The fraction of sp³-hybridized carbons (Fsp3) is 0.857. The van der Waals surface area contributed by atoms with E-state index in [2.05, 4.69) is 0 Å². The summed E-state index contributed by atoms with van der Waals surface area (Å²) in [4.78, 5) is 10.8. The number of alkyl halides is 1. The molecule has 0 heterocycles. The third-order valence-corrected chi connectivity index (χ3v) is 1.22. The van der Waals surface area contributed by atoms with Gasteiger partial charge in [-0.05, 0) is 20.3 Å². The molecule has 0 aliphatic heterocycles. The summed E-state index contributed by atoms with van der Waals surface area (Å²) in [7, 11) is 0. The van der Waals surface area contributed by atoms with E-state index in [9.17, 15) is 4.79 Å². The summed E-state index contributed by atoms with van der Waals surface area (Å²) in [5.41, 5.74) is 0. The van der Waals surface area contributed by atoms with Gasteiger partial charge in [0.1, 0.15) is 0 Å². The molecule has 0 aromatic rings. The molecule has 0 rings (SSSR count). The average Bonchev–Trinajstić information content (AvgIpc) is 1.86. The van der Waals surface area contributed by atoms with Gasteiger partial charge in [0.15, 0.2) is 6.10 Å². The first-order chi connectivity index (χ1) is 5.07. The Morgan fingerprint density at radius 3 is 2.55 bits per heavy atom. The van der Waals surface area contributed by atoms with E-state index in [4.69, 9.17) is 21.4 Å². The molecule has 0 aromatic carbocycles. The van der Waals surface area contributed by atoms with Gasteiger partial charge in [-0.3, -0.25) is 0 Å².